The minimum Gasteiger partial charge on any atom is -0.337 e. The number of likely N-dealkylation sites (tertiary alicyclic amines) is 1. The molecule has 0 radical (unpaired) electrons. The summed E-state index contributed by atoms with van der Waals surface area (Å²) in [7, 11) is 0. The summed E-state index contributed by atoms with van der Waals surface area (Å²) in [6.45, 7) is 1.40. The first kappa shape index (κ1) is 14.4. The Balaban J connectivity index is 1.83. The van der Waals surface area contributed by atoms with Crippen LogP contribution in [0.3, 0.4) is 0 Å². The number of benzene rings is 2. The van der Waals surface area contributed by atoms with E-state index in [0.717, 1.165) is 12.1 Å². The van der Waals surface area contributed by atoms with E-state index in [1.54, 1.807) is 0 Å². The lowest BCUT2D eigenvalue weighted by Crippen LogP contribution is -2.26. The Bertz CT molecular complexity index is 672. The minimum absolute atomic E-state index is 0.101. The molecule has 1 aliphatic heterocycles. The predicted octanol–water partition coefficient (Wildman–Crippen LogP) is 3.45. The molecule has 2 unspecified atom stereocenters. The first-order valence-electron chi connectivity index (χ1n) is 7.60. The van der Waals surface area contributed by atoms with Crippen molar-refractivity contribution in [3.8, 4) is 12.3 Å². The molecule has 1 amide bonds. The molecule has 2 nitrogen and oxygen atoms in total. The normalized spacial score (nSPS) is 20.9. The highest BCUT2D eigenvalue weighted by Crippen LogP contribution is 2.36. The molecule has 22 heavy (non-hydrogen) atoms. The summed E-state index contributed by atoms with van der Waals surface area (Å²) in [5, 5.41) is 0. The van der Waals surface area contributed by atoms with Crippen molar-refractivity contribution in [2.24, 2.45) is 5.92 Å². The number of carbonyl (C=O) groups excluding carboxylic acids is 1. The minimum atomic E-state index is -0.101. The molecule has 2 atom stereocenters. The zero-order chi connectivity index (χ0) is 15.4. The van der Waals surface area contributed by atoms with Gasteiger partial charge in [-0.3, -0.25) is 4.79 Å². The van der Waals surface area contributed by atoms with Gasteiger partial charge in [0.2, 0.25) is 5.91 Å². The summed E-state index contributed by atoms with van der Waals surface area (Å²) in [6.07, 6.45) is 5.99. The molecule has 0 spiro atoms. The van der Waals surface area contributed by atoms with Crippen LogP contribution < -0.4 is 0 Å². The van der Waals surface area contributed by atoms with Gasteiger partial charge in [0.15, 0.2) is 0 Å². The zero-order valence-corrected chi connectivity index (χ0v) is 12.5. The Labute approximate surface area is 131 Å². The topological polar surface area (TPSA) is 20.3 Å². The van der Waals surface area contributed by atoms with Crippen LogP contribution in [0.1, 0.15) is 23.5 Å². The van der Waals surface area contributed by atoms with E-state index in [0.29, 0.717) is 13.0 Å². The van der Waals surface area contributed by atoms with Gasteiger partial charge in [-0.15, -0.1) is 12.3 Å². The van der Waals surface area contributed by atoms with E-state index in [2.05, 4.69) is 30.2 Å². The van der Waals surface area contributed by atoms with Crippen molar-refractivity contribution < 1.29 is 4.79 Å². The maximum Gasteiger partial charge on any atom is 0.227 e. The largest absolute Gasteiger partial charge is 0.337 e. The maximum absolute atomic E-state index is 12.7. The molecule has 1 aliphatic rings. The molecule has 1 saturated heterocycles. The fourth-order valence-electron chi connectivity index (χ4n) is 3.20. The maximum atomic E-state index is 12.7. The van der Waals surface area contributed by atoms with Crippen LogP contribution in [-0.4, -0.2) is 17.4 Å². The average molecular weight is 289 g/mol. The van der Waals surface area contributed by atoms with Gasteiger partial charge in [-0.1, -0.05) is 60.7 Å². The third-order valence-electron chi connectivity index (χ3n) is 4.31. The highest BCUT2D eigenvalue weighted by atomic mass is 16.2. The molecule has 1 heterocycles. The number of rotatable bonds is 4. The fraction of sp³-hybridized carbons (Fsp3) is 0.250. The zero-order valence-electron chi connectivity index (χ0n) is 12.5. The van der Waals surface area contributed by atoms with Crippen LogP contribution in [0.25, 0.3) is 0 Å². The second-order valence-corrected chi connectivity index (χ2v) is 5.74. The van der Waals surface area contributed by atoms with Crippen molar-refractivity contribution in [3.05, 3.63) is 71.8 Å². The molecule has 0 N–H and O–H groups in total. The van der Waals surface area contributed by atoms with Gasteiger partial charge in [0, 0.05) is 25.4 Å². The van der Waals surface area contributed by atoms with Crippen LogP contribution in [0.15, 0.2) is 60.7 Å². The molecule has 110 valence electrons. The molecule has 2 aromatic carbocycles. The standard InChI is InChI=1S/C20H19NO/c1-2-9-18-19(17-12-7-4-8-13-17)15-21(20(18)22)14-16-10-5-3-6-11-16/h1,3-8,10-13,18-19H,9,14-15H2. The van der Waals surface area contributed by atoms with Gasteiger partial charge >= 0.3 is 0 Å². The van der Waals surface area contributed by atoms with Crippen molar-refractivity contribution in [3.63, 3.8) is 0 Å². The van der Waals surface area contributed by atoms with Gasteiger partial charge in [-0.25, -0.2) is 0 Å². The van der Waals surface area contributed by atoms with Crippen molar-refractivity contribution in [1.29, 1.82) is 0 Å². The fourth-order valence-corrected chi connectivity index (χ4v) is 3.20. The highest BCUT2D eigenvalue weighted by molar-refractivity contribution is 5.83. The Morgan fingerprint density at radius 2 is 1.68 bits per heavy atom. The third kappa shape index (κ3) is 2.89. The molecule has 2 aromatic rings. The summed E-state index contributed by atoms with van der Waals surface area (Å²) in [5.74, 6) is 2.94. The number of hydrogen-bond donors (Lipinski definition) is 0. The van der Waals surface area contributed by atoms with Gasteiger partial charge in [0.1, 0.15) is 0 Å². The van der Waals surface area contributed by atoms with Crippen LogP contribution in [-0.2, 0) is 11.3 Å². The van der Waals surface area contributed by atoms with Crippen LogP contribution in [0.4, 0.5) is 0 Å². The molecule has 0 bridgehead atoms. The third-order valence-corrected chi connectivity index (χ3v) is 4.31. The molecular formula is C20H19NO. The Morgan fingerprint density at radius 1 is 1.05 bits per heavy atom. The van der Waals surface area contributed by atoms with Gasteiger partial charge < -0.3 is 4.90 Å². The van der Waals surface area contributed by atoms with E-state index in [9.17, 15) is 4.79 Å². The summed E-state index contributed by atoms with van der Waals surface area (Å²) in [6, 6.07) is 20.3. The van der Waals surface area contributed by atoms with Gasteiger partial charge in [-0.05, 0) is 11.1 Å². The van der Waals surface area contributed by atoms with E-state index in [1.807, 2.05) is 41.3 Å². The van der Waals surface area contributed by atoms with E-state index >= 15 is 0 Å². The van der Waals surface area contributed by atoms with E-state index in [4.69, 9.17) is 6.42 Å². The molecule has 0 aliphatic carbocycles. The van der Waals surface area contributed by atoms with Crippen LogP contribution in [0, 0.1) is 18.3 Å². The second kappa shape index (κ2) is 6.49. The lowest BCUT2D eigenvalue weighted by atomic mass is 9.87. The Morgan fingerprint density at radius 3 is 2.32 bits per heavy atom. The van der Waals surface area contributed by atoms with Crippen molar-refractivity contribution in [1.82, 2.24) is 4.90 Å². The lowest BCUT2D eigenvalue weighted by Gasteiger charge is -2.16. The van der Waals surface area contributed by atoms with Crippen LogP contribution in [0.2, 0.25) is 0 Å². The first-order valence-corrected chi connectivity index (χ1v) is 7.60. The predicted molar refractivity (Wildman–Crippen MR) is 88.0 cm³/mol. The summed E-state index contributed by atoms with van der Waals surface area (Å²) in [5.41, 5.74) is 2.36. The molecular weight excluding hydrogens is 270 g/mol. The Hall–Kier alpha value is -2.53. The number of nitrogens with zero attached hydrogens (tertiary/aromatic N) is 1. The molecule has 2 heteroatoms. The first-order chi connectivity index (χ1) is 10.8. The lowest BCUT2D eigenvalue weighted by molar-refractivity contribution is -0.131. The van der Waals surface area contributed by atoms with Crippen molar-refractivity contribution in [2.45, 2.75) is 18.9 Å². The SMILES string of the molecule is C#CCC1C(=O)N(Cc2ccccc2)CC1c1ccccc1. The number of hydrogen-bond acceptors (Lipinski definition) is 1. The number of amides is 1. The monoisotopic (exact) mass is 289 g/mol. The second-order valence-electron chi connectivity index (χ2n) is 5.74. The van der Waals surface area contributed by atoms with Crippen molar-refractivity contribution in [2.75, 3.05) is 6.54 Å². The molecule has 0 aromatic heterocycles. The Kier molecular flexibility index (Phi) is 4.25. The van der Waals surface area contributed by atoms with E-state index < -0.39 is 0 Å². The summed E-state index contributed by atoms with van der Waals surface area (Å²) >= 11 is 0. The smallest absolute Gasteiger partial charge is 0.227 e. The summed E-state index contributed by atoms with van der Waals surface area (Å²) < 4.78 is 0. The van der Waals surface area contributed by atoms with Gasteiger partial charge in [-0.2, -0.15) is 0 Å². The van der Waals surface area contributed by atoms with Crippen molar-refractivity contribution >= 4 is 5.91 Å². The quantitative estimate of drug-likeness (QED) is 0.789. The van der Waals surface area contributed by atoms with Gasteiger partial charge in [0.25, 0.3) is 0 Å². The molecule has 3 rings (SSSR count). The average Bonchev–Trinajstić information content (AvgIpc) is 2.87. The number of terminal acetylenes is 1. The molecule has 0 saturated carbocycles. The summed E-state index contributed by atoms with van der Waals surface area (Å²) in [4.78, 5) is 14.7. The van der Waals surface area contributed by atoms with E-state index in [1.165, 1.54) is 5.56 Å². The van der Waals surface area contributed by atoms with Crippen LogP contribution >= 0.6 is 0 Å². The van der Waals surface area contributed by atoms with Gasteiger partial charge in [0.05, 0.1) is 5.92 Å². The van der Waals surface area contributed by atoms with Crippen LogP contribution in [0.5, 0.6) is 0 Å². The highest BCUT2D eigenvalue weighted by Gasteiger charge is 2.40. The van der Waals surface area contributed by atoms with E-state index in [-0.39, 0.29) is 17.7 Å². The number of carbonyl (C=O) groups is 1. The molecule has 1 fully saturated rings.